The lowest BCUT2D eigenvalue weighted by Gasteiger charge is -1.99. The van der Waals surface area contributed by atoms with Crippen molar-refractivity contribution in [2.24, 2.45) is 0 Å². The average Bonchev–Trinajstić information content (AvgIpc) is 3.80. The molecule has 0 saturated heterocycles. The van der Waals surface area contributed by atoms with Crippen LogP contribution in [0.15, 0.2) is 60.7 Å². The number of thiophene rings is 6. The molecule has 0 atom stereocenters. The van der Waals surface area contributed by atoms with Crippen LogP contribution in [-0.2, 0) is 12.8 Å². The van der Waals surface area contributed by atoms with Gasteiger partial charge in [0.1, 0.15) is 9.75 Å². The van der Waals surface area contributed by atoms with Gasteiger partial charge in [0.15, 0.2) is 0 Å². The molecule has 0 aliphatic carbocycles. The van der Waals surface area contributed by atoms with Crippen LogP contribution in [0.4, 0.5) is 0 Å². The van der Waals surface area contributed by atoms with Gasteiger partial charge in [0.2, 0.25) is 0 Å². The van der Waals surface area contributed by atoms with Crippen molar-refractivity contribution in [3.05, 3.63) is 81.5 Å². The molecule has 0 fully saturated rings. The van der Waals surface area contributed by atoms with Crippen LogP contribution in [0.1, 0.15) is 30.5 Å². The number of aromatic carboxylic acids is 2. The highest BCUT2D eigenvalue weighted by atomic mass is 32.1. The molecule has 0 spiro atoms. The summed E-state index contributed by atoms with van der Waals surface area (Å²) in [5.74, 6) is -1.86. The van der Waals surface area contributed by atoms with Crippen LogP contribution < -0.4 is 0 Å². The molecule has 12 heteroatoms. The minimum atomic E-state index is -0.932. The first-order chi connectivity index (χ1) is 20.3. The molecule has 0 aliphatic heterocycles. The highest BCUT2D eigenvalue weighted by molar-refractivity contribution is 7.30. The lowest BCUT2D eigenvalue weighted by Crippen LogP contribution is -1.89. The van der Waals surface area contributed by atoms with E-state index in [1.807, 2.05) is 12.1 Å². The second-order valence-electron chi connectivity index (χ2n) is 9.14. The van der Waals surface area contributed by atoms with E-state index in [0.717, 1.165) is 59.9 Å². The van der Waals surface area contributed by atoms with Crippen molar-refractivity contribution in [3.63, 3.8) is 0 Å². The van der Waals surface area contributed by atoms with E-state index in [0.29, 0.717) is 22.6 Å². The quantitative estimate of drug-likeness (QED) is 0.110. The molecule has 0 saturated carbocycles. The van der Waals surface area contributed by atoms with Crippen molar-refractivity contribution >= 4 is 80.0 Å². The number of hydrogen-bond donors (Lipinski definition) is 4. The Hall–Kier alpha value is -2.94. The van der Waals surface area contributed by atoms with Gasteiger partial charge in [-0.15, -0.1) is 68.0 Å². The highest BCUT2D eigenvalue weighted by Gasteiger charge is 2.19. The molecule has 214 valence electrons. The molecule has 0 bridgehead atoms. The van der Waals surface area contributed by atoms with Gasteiger partial charge in [-0.1, -0.05) is 0 Å². The molecule has 4 N–H and O–H groups in total. The van der Waals surface area contributed by atoms with E-state index in [2.05, 4.69) is 36.4 Å². The Balaban J connectivity index is 1.30. The molecule has 6 nitrogen and oxygen atoms in total. The summed E-state index contributed by atoms with van der Waals surface area (Å²) in [6.45, 7) is 0.0607. The summed E-state index contributed by atoms with van der Waals surface area (Å²) in [5.41, 5.74) is 2.09. The number of rotatable bonds is 11. The summed E-state index contributed by atoms with van der Waals surface area (Å²) in [6.07, 6.45) is 1.04. The van der Waals surface area contributed by atoms with Gasteiger partial charge in [-0.25, -0.2) is 9.59 Å². The molecule has 0 amide bonds. The van der Waals surface area contributed by atoms with Crippen molar-refractivity contribution in [2.75, 3.05) is 13.2 Å². The fourth-order valence-electron chi connectivity index (χ4n) is 4.48. The minimum absolute atomic E-state index is 0.0303. The van der Waals surface area contributed by atoms with Gasteiger partial charge in [0.25, 0.3) is 0 Å². The van der Waals surface area contributed by atoms with E-state index < -0.39 is 11.9 Å². The van der Waals surface area contributed by atoms with Crippen LogP contribution in [-0.4, -0.2) is 45.6 Å². The maximum absolute atomic E-state index is 11.4. The maximum Gasteiger partial charge on any atom is 0.345 e. The van der Waals surface area contributed by atoms with Crippen molar-refractivity contribution in [2.45, 2.75) is 12.8 Å². The summed E-state index contributed by atoms with van der Waals surface area (Å²) in [5, 5.41) is 38.0. The van der Waals surface area contributed by atoms with Crippen LogP contribution in [0, 0.1) is 0 Å². The zero-order chi connectivity index (χ0) is 29.4. The molecule has 6 heterocycles. The zero-order valence-electron chi connectivity index (χ0n) is 21.7. The summed E-state index contributed by atoms with van der Waals surface area (Å²) >= 11 is 9.11. The number of carbonyl (C=O) groups is 2. The van der Waals surface area contributed by atoms with E-state index in [1.165, 1.54) is 22.7 Å². The fourth-order valence-corrected chi connectivity index (χ4v) is 11.2. The molecular formula is C30H22O6S6. The van der Waals surface area contributed by atoms with Gasteiger partial charge in [-0.05, 0) is 84.6 Å². The maximum atomic E-state index is 11.4. The first-order valence-corrected chi connectivity index (χ1v) is 17.6. The summed E-state index contributed by atoms with van der Waals surface area (Å²) in [4.78, 5) is 33.7. The second-order valence-corrected chi connectivity index (χ2v) is 15.6. The summed E-state index contributed by atoms with van der Waals surface area (Å²) in [7, 11) is 0. The van der Waals surface area contributed by atoms with Crippen molar-refractivity contribution in [1.29, 1.82) is 0 Å². The summed E-state index contributed by atoms with van der Waals surface area (Å²) < 4.78 is 0. The zero-order valence-corrected chi connectivity index (χ0v) is 26.6. The van der Waals surface area contributed by atoms with Crippen LogP contribution in [0.5, 0.6) is 0 Å². The third kappa shape index (κ3) is 5.81. The van der Waals surface area contributed by atoms with Gasteiger partial charge in [0, 0.05) is 62.0 Å². The molecule has 42 heavy (non-hydrogen) atoms. The third-order valence-electron chi connectivity index (χ3n) is 6.40. The molecule has 0 unspecified atom stereocenters. The van der Waals surface area contributed by atoms with Crippen molar-refractivity contribution < 1.29 is 30.0 Å². The van der Waals surface area contributed by atoms with Gasteiger partial charge >= 0.3 is 11.9 Å². The number of aliphatic hydroxyl groups is 2. The largest absolute Gasteiger partial charge is 0.477 e. The Kier molecular flexibility index (Phi) is 8.57. The number of carboxylic acids is 2. The lowest BCUT2D eigenvalue weighted by molar-refractivity contribution is 0.0691. The standard InChI is InChI=1S/C30H22O6S6/c31-11-9-15-13-25(19-3-7-23(39-19)29(33)34)41-27(15)21-5-1-17(37-21)18-2-6-22(38-18)28-16(10-12-32)14-26(42-28)20-4-8-24(40-20)30(35)36/h1-8,13-14,31-32H,9-12H2,(H,33,34)(H,35,36). The smallest absolute Gasteiger partial charge is 0.345 e. The topological polar surface area (TPSA) is 115 Å². The summed E-state index contributed by atoms with van der Waals surface area (Å²) in [6, 6.07) is 19.5. The Morgan fingerprint density at radius 2 is 0.833 bits per heavy atom. The SMILES string of the molecule is O=C(O)c1ccc(-c2cc(CCO)c(-c3ccc(-c4ccc(-c5sc(-c6ccc(C(=O)O)s6)cc5CCO)s4)s3)s2)s1. The second kappa shape index (κ2) is 12.3. The van der Waals surface area contributed by atoms with Crippen molar-refractivity contribution in [3.8, 4) is 48.8 Å². The number of aliphatic hydroxyl groups excluding tert-OH is 2. The first kappa shape index (κ1) is 29.1. The molecule has 6 aromatic rings. The Morgan fingerprint density at radius 3 is 1.19 bits per heavy atom. The van der Waals surface area contributed by atoms with Crippen LogP contribution in [0.3, 0.4) is 0 Å². The van der Waals surface area contributed by atoms with E-state index >= 15 is 0 Å². The lowest BCUT2D eigenvalue weighted by atomic mass is 10.1. The molecule has 0 radical (unpaired) electrons. The molecular weight excluding hydrogens is 649 g/mol. The Bertz CT molecular complexity index is 1760. The predicted octanol–water partition coefficient (Wildman–Crippen LogP) is 8.86. The third-order valence-corrected chi connectivity index (χ3v) is 14.0. The molecule has 6 aromatic heterocycles. The van der Waals surface area contributed by atoms with Crippen molar-refractivity contribution in [1.82, 2.24) is 0 Å². The number of hydrogen-bond acceptors (Lipinski definition) is 10. The minimum Gasteiger partial charge on any atom is -0.477 e. The van der Waals surface area contributed by atoms with Gasteiger partial charge in [-0.2, -0.15) is 0 Å². The predicted molar refractivity (Wildman–Crippen MR) is 176 cm³/mol. The van der Waals surface area contributed by atoms with E-state index in [9.17, 15) is 30.0 Å². The van der Waals surface area contributed by atoms with Crippen LogP contribution >= 0.6 is 68.0 Å². The van der Waals surface area contributed by atoms with E-state index in [1.54, 1.807) is 57.5 Å². The Labute approximate surface area is 264 Å². The van der Waals surface area contributed by atoms with Gasteiger partial charge in [0.05, 0.1) is 0 Å². The molecule has 0 aliphatic rings. The average molecular weight is 671 g/mol. The Morgan fingerprint density at radius 1 is 0.476 bits per heavy atom. The highest BCUT2D eigenvalue weighted by Crippen LogP contribution is 2.48. The number of carboxylic acid groups (broad SMARTS) is 2. The monoisotopic (exact) mass is 670 g/mol. The fraction of sp³-hybridized carbons (Fsp3) is 0.133. The first-order valence-electron chi connectivity index (χ1n) is 12.7. The van der Waals surface area contributed by atoms with Crippen LogP contribution in [0.2, 0.25) is 0 Å². The normalized spacial score (nSPS) is 11.4. The van der Waals surface area contributed by atoms with Crippen LogP contribution in [0.25, 0.3) is 48.8 Å². The van der Waals surface area contributed by atoms with Gasteiger partial charge in [-0.3, -0.25) is 0 Å². The van der Waals surface area contributed by atoms with Gasteiger partial charge < -0.3 is 20.4 Å². The van der Waals surface area contributed by atoms with E-state index in [4.69, 9.17) is 0 Å². The van der Waals surface area contributed by atoms with E-state index in [-0.39, 0.29) is 13.2 Å². The molecule has 0 aromatic carbocycles. The molecule has 6 rings (SSSR count).